The minimum atomic E-state index is -4.04. The van der Waals surface area contributed by atoms with E-state index in [4.69, 9.17) is 4.74 Å². The van der Waals surface area contributed by atoms with Gasteiger partial charge in [0.1, 0.15) is 5.82 Å². The van der Waals surface area contributed by atoms with Crippen LogP contribution in [0.1, 0.15) is 55.8 Å². The average Bonchev–Trinajstić information content (AvgIpc) is 3.54. The van der Waals surface area contributed by atoms with Crippen LogP contribution in [0.5, 0.6) is 0 Å². The van der Waals surface area contributed by atoms with E-state index in [-0.39, 0.29) is 38.2 Å². The number of anilines is 4. The van der Waals surface area contributed by atoms with E-state index in [9.17, 15) is 26.8 Å². The average molecular weight is 631 g/mol. The van der Waals surface area contributed by atoms with Gasteiger partial charge >= 0.3 is 5.97 Å². The van der Waals surface area contributed by atoms with Crippen molar-refractivity contribution in [2.45, 2.75) is 51.4 Å². The summed E-state index contributed by atoms with van der Waals surface area (Å²) in [6.07, 6.45) is 5.48. The first-order chi connectivity index (χ1) is 20.9. The monoisotopic (exact) mass is 630 g/mol. The van der Waals surface area contributed by atoms with E-state index in [1.54, 1.807) is 48.0 Å². The molecular formula is C30H36F2N6O5S. The molecular weight excluding hydrogens is 594 g/mol. The summed E-state index contributed by atoms with van der Waals surface area (Å²) >= 11 is 0. The fourth-order valence-corrected chi connectivity index (χ4v) is 7.05. The van der Waals surface area contributed by atoms with Crippen LogP contribution in [-0.2, 0) is 19.6 Å². The molecule has 3 aliphatic rings. The lowest BCUT2D eigenvalue weighted by molar-refractivity contribution is -0.139. The third-order valence-corrected chi connectivity index (χ3v) is 9.97. The number of esters is 1. The number of aromatic nitrogens is 2. The molecule has 1 saturated carbocycles. The van der Waals surface area contributed by atoms with E-state index in [2.05, 4.69) is 20.0 Å². The molecule has 1 spiro atoms. The number of alkyl halides is 2. The number of ether oxygens (including phenoxy) is 1. The van der Waals surface area contributed by atoms with Crippen LogP contribution in [0.15, 0.2) is 42.6 Å². The van der Waals surface area contributed by atoms with Gasteiger partial charge in [0.15, 0.2) is 5.75 Å². The van der Waals surface area contributed by atoms with E-state index in [1.165, 1.54) is 18.9 Å². The number of hydrogen-bond donors (Lipinski definition) is 2. The first-order valence-electron chi connectivity index (χ1n) is 14.9. The van der Waals surface area contributed by atoms with Crippen LogP contribution in [-0.4, -0.2) is 74.4 Å². The van der Waals surface area contributed by atoms with Gasteiger partial charge in [0, 0.05) is 50.8 Å². The van der Waals surface area contributed by atoms with Crippen molar-refractivity contribution in [1.29, 1.82) is 0 Å². The number of piperidine rings is 2. The number of halogens is 2. The number of benzene rings is 1. The molecule has 0 unspecified atom stereocenters. The van der Waals surface area contributed by atoms with Gasteiger partial charge in [-0.15, -0.1) is 0 Å². The highest BCUT2D eigenvalue weighted by Crippen LogP contribution is 2.54. The SMILES string of the molecule is CCOC(=O)CS(=O)(=O)Nc1ccc(C(=O)Nc2cc(N3CCC(F)(F)CC3)n3nccc3c2)c(N2CCC3(CC2)CC3)c1. The molecule has 1 aromatic carbocycles. The van der Waals surface area contributed by atoms with Gasteiger partial charge < -0.3 is 19.9 Å². The fraction of sp³-hybridized carbons (Fsp3) is 0.500. The van der Waals surface area contributed by atoms with E-state index in [0.717, 1.165) is 25.9 Å². The second kappa shape index (κ2) is 11.5. The molecule has 3 aromatic rings. The zero-order valence-corrected chi connectivity index (χ0v) is 25.3. The van der Waals surface area contributed by atoms with Gasteiger partial charge in [-0.3, -0.25) is 14.3 Å². The molecule has 1 aliphatic carbocycles. The van der Waals surface area contributed by atoms with Crippen molar-refractivity contribution >= 4 is 50.3 Å². The molecule has 2 aromatic heterocycles. The maximum Gasteiger partial charge on any atom is 0.323 e. The summed E-state index contributed by atoms with van der Waals surface area (Å²) < 4.78 is 61.9. The molecule has 236 valence electrons. The topological polar surface area (TPSA) is 125 Å². The number of hydrogen-bond acceptors (Lipinski definition) is 8. The Labute approximate surface area is 254 Å². The van der Waals surface area contributed by atoms with Crippen LogP contribution in [0.25, 0.3) is 5.52 Å². The van der Waals surface area contributed by atoms with Gasteiger partial charge in [0.2, 0.25) is 10.0 Å². The Bertz CT molecular complexity index is 1670. The van der Waals surface area contributed by atoms with Crippen molar-refractivity contribution in [1.82, 2.24) is 9.61 Å². The summed E-state index contributed by atoms with van der Waals surface area (Å²) in [7, 11) is -4.04. The molecule has 11 nitrogen and oxygen atoms in total. The largest absolute Gasteiger partial charge is 0.465 e. The van der Waals surface area contributed by atoms with Gasteiger partial charge in [0.25, 0.3) is 11.8 Å². The summed E-state index contributed by atoms with van der Waals surface area (Å²) in [6.45, 7) is 3.44. The van der Waals surface area contributed by atoms with Gasteiger partial charge in [-0.1, -0.05) is 0 Å². The number of nitrogens with one attached hydrogen (secondary N) is 2. The van der Waals surface area contributed by atoms with Gasteiger partial charge in [0.05, 0.1) is 35.3 Å². The fourth-order valence-electron chi connectivity index (χ4n) is 6.10. The molecule has 14 heteroatoms. The van der Waals surface area contributed by atoms with Crippen molar-refractivity contribution in [3.8, 4) is 0 Å². The highest BCUT2D eigenvalue weighted by Gasteiger charge is 2.44. The lowest BCUT2D eigenvalue weighted by Crippen LogP contribution is -2.40. The van der Waals surface area contributed by atoms with Crippen molar-refractivity contribution in [3.05, 3.63) is 48.2 Å². The third-order valence-electron chi connectivity index (χ3n) is 8.80. The van der Waals surface area contributed by atoms with Crippen molar-refractivity contribution in [2.24, 2.45) is 5.41 Å². The molecule has 4 heterocycles. The Morgan fingerprint density at radius 2 is 1.64 bits per heavy atom. The Balaban J connectivity index is 1.27. The lowest BCUT2D eigenvalue weighted by atomic mass is 9.93. The zero-order chi connectivity index (χ0) is 31.1. The highest BCUT2D eigenvalue weighted by molar-refractivity contribution is 7.93. The lowest BCUT2D eigenvalue weighted by Gasteiger charge is -2.35. The molecule has 0 bridgehead atoms. The van der Waals surface area contributed by atoms with E-state index in [0.29, 0.717) is 33.7 Å². The Morgan fingerprint density at radius 1 is 0.932 bits per heavy atom. The van der Waals surface area contributed by atoms with Crippen LogP contribution in [0, 0.1) is 5.41 Å². The number of rotatable bonds is 9. The van der Waals surface area contributed by atoms with Crippen molar-refractivity contribution in [3.63, 3.8) is 0 Å². The molecule has 3 fully saturated rings. The first-order valence-corrected chi connectivity index (χ1v) is 16.6. The first kappa shape index (κ1) is 30.1. The normalized spacial score (nSPS) is 19.2. The second-order valence-corrected chi connectivity index (χ2v) is 13.7. The third kappa shape index (κ3) is 6.59. The van der Waals surface area contributed by atoms with Crippen LogP contribution in [0.2, 0.25) is 0 Å². The molecule has 6 rings (SSSR count). The number of fused-ring (bicyclic) bond motifs is 1. The number of nitrogens with zero attached hydrogens (tertiary/aromatic N) is 4. The molecule has 44 heavy (non-hydrogen) atoms. The van der Waals surface area contributed by atoms with Crippen molar-refractivity contribution < 1.29 is 31.5 Å². The van der Waals surface area contributed by atoms with Crippen LogP contribution in [0.4, 0.5) is 31.7 Å². The second-order valence-electron chi connectivity index (χ2n) is 12.0. The Hall–Kier alpha value is -3.94. The molecule has 1 amide bonds. The summed E-state index contributed by atoms with van der Waals surface area (Å²) in [6, 6.07) is 9.97. The molecule has 2 saturated heterocycles. The van der Waals surface area contributed by atoms with Crippen LogP contribution in [0.3, 0.4) is 0 Å². The number of carbonyl (C=O) groups excluding carboxylic acids is 2. The molecule has 2 N–H and O–H groups in total. The smallest absolute Gasteiger partial charge is 0.323 e. The summed E-state index contributed by atoms with van der Waals surface area (Å²) in [5.41, 5.74) is 2.74. The Morgan fingerprint density at radius 3 is 2.32 bits per heavy atom. The molecule has 0 radical (unpaired) electrons. The van der Waals surface area contributed by atoms with Crippen LogP contribution >= 0.6 is 0 Å². The summed E-state index contributed by atoms with van der Waals surface area (Å²) in [5, 5.41) is 7.32. The van der Waals surface area contributed by atoms with Crippen LogP contribution < -0.4 is 19.8 Å². The number of pyridine rings is 1. The van der Waals surface area contributed by atoms with Gasteiger partial charge in [-0.05, 0) is 68.4 Å². The van der Waals surface area contributed by atoms with E-state index in [1.807, 2.05) is 4.90 Å². The maximum atomic E-state index is 13.9. The van der Waals surface area contributed by atoms with Gasteiger partial charge in [-0.2, -0.15) is 5.10 Å². The zero-order valence-electron chi connectivity index (χ0n) is 24.5. The number of carbonyl (C=O) groups is 2. The van der Waals surface area contributed by atoms with Gasteiger partial charge in [-0.25, -0.2) is 21.7 Å². The molecule has 0 atom stereocenters. The minimum absolute atomic E-state index is 0.0716. The standard InChI is InChI=1S/C30H36F2N6O5S/c1-2-43-27(39)20-44(41,42)35-21-3-4-24(25(18-21)36-13-8-29(6-7-29)9-14-36)28(40)34-22-17-23-5-12-33-38(23)26(19-22)37-15-10-30(31,32)11-16-37/h3-5,12,17-19,35H,2,6-11,13-16,20H2,1H3,(H,34,40). The van der Waals surface area contributed by atoms with Crippen molar-refractivity contribution in [2.75, 3.05) is 58.4 Å². The van der Waals surface area contributed by atoms with E-state index < -0.39 is 33.6 Å². The maximum absolute atomic E-state index is 13.9. The minimum Gasteiger partial charge on any atom is -0.465 e. The summed E-state index contributed by atoms with van der Waals surface area (Å²) in [4.78, 5) is 29.6. The quantitative estimate of drug-likeness (QED) is 0.331. The summed E-state index contributed by atoms with van der Waals surface area (Å²) in [5.74, 6) is -4.16. The predicted molar refractivity (Wildman–Crippen MR) is 163 cm³/mol. The number of amides is 1. The Kier molecular flexibility index (Phi) is 7.89. The van der Waals surface area contributed by atoms with E-state index >= 15 is 0 Å². The predicted octanol–water partition coefficient (Wildman–Crippen LogP) is 4.51. The molecule has 2 aliphatic heterocycles. The number of sulfonamides is 1. The highest BCUT2D eigenvalue weighted by atomic mass is 32.2.